The molecule has 1 aliphatic carbocycles. The first-order valence-corrected chi connectivity index (χ1v) is 10.3. The van der Waals surface area contributed by atoms with Gasteiger partial charge < -0.3 is 16.9 Å². The van der Waals surface area contributed by atoms with E-state index in [1.807, 2.05) is 6.92 Å². The summed E-state index contributed by atoms with van der Waals surface area (Å²) in [7, 11) is 0. The standard InChI is InChI=1S/C23H25F2N7/c1-13-10-29-22(32-31-13)18-11-28-12-19(30-18)23(2)8-4-5-14(21(23)27)9-17(26)20-15(24)6-3-7-16(20)25/h3,6-7,9,11-12,31H,1,4-5,8,10,26-27H2,2H3,(H,29,32)/b17-9-/t23-/m1/s1. The highest BCUT2D eigenvalue weighted by Crippen LogP contribution is 2.40. The first kappa shape index (κ1) is 21.5. The maximum absolute atomic E-state index is 14.2. The summed E-state index contributed by atoms with van der Waals surface area (Å²) in [5.41, 5.74) is 21.0. The van der Waals surface area contributed by atoms with E-state index >= 15 is 0 Å². The average molecular weight is 437 g/mol. The third kappa shape index (κ3) is 3.93. The van der Waals surface area contributed by atoms with Crippen LogP contribution >= 0.6 is 0 Å². The van der Waals surface area contributed by atoms with Crippen molar-refractivity contribution < 1.29 is 8.78 Å². The third-order valence-electron chi connectivity index (χ3n) is 5.87. The third-order valence-corrected chi connectivity index (χ3v) is 5.87. The fourth-order valence-corrected chi connectivity index (χ4v) is 4.00. The van der Waals surface area contributed by atoms with Crippen molar-refractivity contribution >= 4 is 11.5 Å². The molecule has 0 fully saturated rings. The summed E-state index contributed by atoms with van der Waals surface area (Å²) in [5.74, 6) is -0.868. The van der Waals surface area contributed by atoms with Gasteiger partial charge in [0.25, 0.3) is 0 Å². The molecule has 0 bridgehead atoms. The van der Waals surface area contributed by atoms with E-state index < -0.39 is 17.0 Å². The number of nitrogens with one attached hydrogen (secondary N) is 2. The number of hydrogen-bond acceptors (Lipinski definition) is 7. The topological polar surface area (TPSA) is 114 Å². The van der Waals surface area contributed by atoms with Gasteiger partial charge in [-0.15, -0.1) is 0 Å². The second-order valence-electron chi connectivity index (χ2n) is 8.13. The Morgan fingerprint density at radius 3 is 2.66 bits per heavy atom. The molecule has 1 aliphatic heterocycles. The maximum Gasteiger partial charge on any atom is 0.168 e. The van der Waals surface area contributed by atoms with E-state index in [0.29, 0.717) is 35.9 Å². The molecular formula is C23H25F2N7. The van der Waals surface area contributed by atoms with Gasteiger partial charge in [0.2, 0.25) is 0 Å². The molecule has 2 aliphatic rings. The quantitative estimate of drug-likeness (QED) is 0.585. The van der Waals surface area contributed by atoms with Gasteiger partial charge in [0.05, 0.1) is 29.4 Å². The first-order chi connectivity index (χ1) is 15.3. The Bertz CT molecular complexity index is 1150. The van der Waals surface area contributed by atoms with Crippen LogP contribution in [0.25, 0.3) is 5.70 Å². The minimum Gasteiger partial charge on any atom is -0.401 e. The van der Waals surface area contributed by atoms with Crippen LogP contribution < -0.4 is 22.3 Å². The molecular weight excluding hydrogens is 412 g/mol. The highest BCUT2D eigenvalue weighted by Gasteiger charge is 2.36. The Kier molecular flexibility index (Phi) is 5.65. The van der Waals surface area contributed by atoms with E-state index in [1.54, 1.807) is 18.5 Å². The zero-order valence-corrected chi connectivity index (χ0v) is 17.8. The Morgan fingerprint density at radius 1 is 1.22 bits per heavy atom. The fourth-order valence-electron chi connectivity index (χ4n) is 4.00. The Balaban J connectivity index is 1.72. The molecule has 7 nitrogen and oxygen atoms in total. The lowest BCUT2D eigenvalue weighted by Gasteiger charge is -2.35. The second-order valence-corrected chi connectivity index (χ2v) is 8.13. The Morgan fingerprint density at radius 2 is 1.97 bits per heavy atom. The SMILES string of the molecule is C=C1CN=C(c2cncc([C@@]3(C)CCCC(/C=C(\N)c4c(F)cccc4F)=C3N)n2)NN1. The molecule has 9 heteroatoms. The van der Waals surface area contributed by atoms with Crippen molar-refractivity contribution in [2.75, 3.05) is 6.54 Å². The number of aromatic nitrogens is 2. The predicted octanol–water partition coefficient (Wildman–Crippen LogP) is 2.78. The van der Waals surface area contributed by atoms with E-state index in [0.717, 1.165) is 24.1 Å². The van der Waals surface area contributed by atoms with Gasteiger partial charge in [-0.25, -0.2) is 13.8 Å². The normalized spacial score (nSPS) is 21.7. The van der Waals surface area contributed by atoms with Gasteiger partial charge in [-0.1, -0.05) is 12.6 Å². The van der Waals surface area contributed by atoms with Gasteiger partial charge in [-0.3, -0.25) is 15.4 Å². The van der Waals surface area contributed by atoms with Crippen molar-refractivity contribution in [1.29, 1.82) is 0 Å². The monoisotopic (exact) mass is 437 g/mol. The van der Waals surface area contributed by atoms with Crippen LogP contribution in [0.5, 0.6) is 0 Å². The van der Waals surface area contributed by atoms with Crippen LogP contribution in [0.1, 0.15) is 43.1 Å². The molecule has 1 aromatic heterocycles. The van der Waals surface area contributed by atoms with Crippen LogP contribution in [0.4, 0.5) is 8.78 Å². The van der Waals surface area contributed by atoms with Gasteiger partial charge in [0, 0.05) is 23.3 Å². The molecule has 0 spiro atoms. The molecule has 2 heterocycles. The van der Waals surface area contributed by atoms with E-state index in [2.05, 4.69) is 27.4 Å². The molecule has 4 rings (SSSR count). The minimum atomic E-state index is -0.716. The summed E-state index contributed by atoms with van der Waals surface area (Å²) in [6.07, 6.45) is 7.06. The van der Waals surface area contributed by atoms with Crippen LogP contribution in [0.2, 0.25) is 0 Å². The second kappa shape index (κ2) is 8.41. The number of halogens is 2. The molecule has 166 valence electrons. The number of hydrogen-bond donors (Lipinski definition) is 4. The van der Waals surface area contributed by atoms with Crippen molar-refractivity contribution in [3.05, 3.63) is 88.8 Å². The number of hydrazine groups is 1. The average Bonchev–Trinajstić information content (AvgIpc) is 2.77. The van der Waals surface area contributed by atoms with Crippen molar-refractivity contribution in [1.82, 2.24) is 20.8 Å². The number of aliphatic imine (C=N–C) groups is 1. The molecule has 0 amide bonds. The summed E-state index contributed by atoms with van der Waals surface area (Å²) in [6, 6.07) is 3.65. The summed E-state index contributed by atoms with van der Waals surface area (Å²) >= 11 is 0. The number of amidine groups is 1. The molecule has 0 unspecified atom stereocenters. The first-order valence-electron chi connectivity index (χ1n) is 10.3. The minimum absolute atomic E-state index is 0.00491. The van der Waals surface area contributed by atoms with E-state index in [9.17, 15) is 8.78 Å². The molecule has 32 heavy (non-hydrogen) atoms. The summed E-state index contributed by atoms with van der Waals surface area (Å²) < 4.78 is 28.3. The summed E-state index contributed by atoms with van der Waals surface area (Å²) in [5, 5.41) is 0. The maximum atomic E-state index is 14.2. The number of nitrogens with zero attached hydrogens (tertiary/aromatic N) is 3. The van der Waals surface area contributed by atoms with Gasteiger partial charge in [0.15, 0.2) is 5.84 Å². The number of allylic oxidation sites excluding steroid dienone is 3. The molecule has 6 N–H and O–H groups in total. The largest absolute Gasteiger partial charge is 0.401 e. The molecule has 0 radical (unpaired) electrons. The smallest absolute Gasteiger partial charge is 0.168 e. The highest BCUT2D eigenvalue weighted by atomic mass is 19.1. The van der Waals surface area contributed by atoms with Crippen molar-refractivity contribution in [3.63, 3.8) is 0 Å². The summed E-state index contributed by atoms with van der Waals surface area (Å²) in [4.78, 5) is 13.5. The molecule has 0 saturated heterocycles. The van der Waals surface area contributed by atoms with Crippen LogP contribution in [-0.2, 0) is 5.41 Å². The van der Waals surface area contributed by atoms with E-state index in [-0.39, 0.29) is 11.3 Å². The van der Waals surface area contributed by atoms with Gasteiger partial charge >= 0.3 is 0 Å². The van der Waals surface area contributed by atoms with Crippen LogP contribution in [0.3, 0.4) is 0 Å². The van der Waals surface area contributed by atoms with Crippen LogP contribution in [0.15, 0.2) is 65.2 Å². The van der Waals surface area contributed by atoms with Gasteiger partial charge in [0.1, 0.15) is 17.3 Å². The van der Waals surface area contributed by atoms with Gasteiger partial charge in [-0.2, -0.15) is 0 Å². The molecule has 1 aromatic carbocycles. The zero-order chi connectivity index (χ0) is 22.9. The van der Waals surface area contributed by atoms with E-state index in [4.69, 9.17) is 16.5 Å². The van der Waals surface area contributed by atoms with Crippen molar-refractivity contribution in [2.45, 2.75) is 31.6 Å². The van der Waals surface area contributed by atoms with Crippen molar-refractivity contribution in [3.8, 4) is 0 Å². The zero-order valence-electron chi connectivity index (χ0n) is 17.8. The number of rotatable bonds is 4. The van der Waals surface area contributed by atoms with Crippen LogP contribution in [-0.4, -0.2) is 22.3 Å². The number of nitrogens with two attached hydrogens (primary N) is 2. The van der Waals surface area contributed by atoms with E-state index in [1.165, 1.54) is 18.2 Å². The Labute approximate surface area is 185 Å². The summed E-state index contributed by atoms with van der Waals surface area (Å²) in [6.45, 7) is 6.24. The predicted molar refractivity (Wildman–Crippen MR) is 120 cm³/mol. The highest BCUT2D eigenvalue weighted by molar-refractivity contribution is 5.97. The lowest BCUT2D eigenvalue weighted by molar-refractivity contribution is 0.439. The fraction of sp³-hybridized carbons (Fsp3) is 0.261. The number of benzene rings is 1. The Hall–Kier alpha value is -3.75. The van der Waals surface area contributed by atoms with Crippen molar-refractivity contribution in [2.24, 2.45) is 16.5 Å². The lowest BCUT2D eigenvalue weighted by Crippen LogP contribution is -2.42. The molecule has 1 atom stereocenters. The molecule has 0 saturated carbocycles. The van der Waals surface area contributed by atoms with Crippen LogP contribution in [0, 0.1) is 11.6 Å². The lowest BCUT2D eigenvalue weighted by atomic mass is 9.72. The molecule has 2 aromatic rings. The van der Waals surface area contributed by atoms with Gasteiger partial charge in [-0.05, 0) is 50.0 Å².